The number of aromatic nitrogens is 6. The second-order valence-corrected chi connectivity index (χ2v) is 8.28. The average Bonchev–Trinajstić information content (AvgIpc) is 3.58. The summed E-state index contributed by atoms with van der Waals surface area (Å²) in [5.74, 6) is 0.541. The van der Waals surface area contributed by atoms with Crippen molar-refractivity contribution in [3.63, 3.8) is 0 Å². The van der Waals surface area contributed by atoms with Crippen LogP contribution in [0.2, 0.25) is 0 Å². The third-order valence-corrected chi connectivity index (χ3v) is 6.20. The van der Waals surface area contributed by atoms with E-state index in [1.807, 2.05) is 25.4 Å². The van der Waals surface area contributed by atoms with E-state index in [4.69, 9.17) is 18.6 Å². The van der Waals surface area contributed by atoms with Crippen molar-refractivity contribution in [2.75, 3.05) is 6.61 Å². The van der Waals surface area contributed by atoms with Gasteiger partial charge in [0.15, 0.2) is 23.3 Å². The molecule has 1 aliphatic rings. The number of furan rings is 1. The Morgan fingerprint density at radius 1 is 1.21 bits per heavy atom. The number of fused-ring (bicyclic) bond motifs is 3. The van der Waals surface area contributed by atoms with Gasteiger partial charge in [-0.15, -0.1) is 0 Å². The van der Waals surface area contributed by atoms with Gasteiger partial charge in [-0.25, -0.2) is 14.8 Å². The van der Waals surface area contributed by atoms with Crippen LogP contribution in [-0.4, -0.2) is 42.0 Å². The summed E-state index contributed by atoms with van der Waals surface area (Å²) in [4.78, 5) is 26.7. The predicted molar refractivity (Wildman–Crippen MR) is 120 cm³/mol. The Hall–Kier alpha value is -3.79. The van der Waals surface area contributed by atoms with Crippen molar-refractivity contribution >= 4 is 22.2 Å². The van der Waals surface area contributed by atoms with E-state index >= 15 is 0 Å². The summed E-state index contributed by atoms with van der Waals surface area (Å²) in [6, 6.07) is 3.58. The zero-order chi connectivity index (χ0) is 22.5. The molecule has 0 spiro atoms. The van der Waals surface area contributed by atoms with Crippen LogP contribution in [0.25, 0.3) is 44.9 Å². The standard InChI is InChI=1S/C23H22N6O4/c1-3-15-8-14(6-7-31-15)29-21-20-17(5-4-16(26-20)18-10-24-12-32-18)33-22(21)19(27-23(29)30)13-9-25-28(2)11-13/h4-5,9-12,14-15H,3,6-8H2,1-2H3/t14-,15-/m0/s1. The number of hydrogen-bond acceptors (Lipinski definition) is 8. The Labute approximate surface area is 187 Å². The van der Waals surface area contributed by atoms with E-state index in [1.54, 1.807) is 21.6 Å². The quantitative estimate of drug-likeness (QED) is 0.410. The average molecular weight is 446 g/mol. The molecule has 6 rings (SSSR count). The van der Waals surface area contributed by atoms with Crippen molar-refractivity contribution in [1.29, 1.82) is 0 Å². The number of aryl methyl sites for hydroxylation is 1. The van der Waals surface area contributed by atoms with E-state index < -0.39 is 0 Å². The van der Waals surface area contributed by atoms with Crippen LogP contribution in [0.15, 0.2) is 50.7 Å². The van der Waals surface area contributed by atoms with Gasteiger partial charge in [0.05, 0.1) is 18.5 Å². The number of nitrogens with zero attached hydrogens (tertiary/aromatic N) is 6. The molecule has 2 atom stereocenters. The van der Waals surface area contributed by atoms with Gasteiger partial charge in [0.2, 0.25) is 0 Å². The molecule has 10 heteroatoms. The fraction of sp³-hybridized carbons (Fsp3) is 0.348. The van der Waals surface area contributed by atoms with Crippen molar-refractivity contribution in [1.82, 2.24) is 29.3 Å². The first kappa shape index (κ1) is 19.9. The summed E-state index contributed by atoms with van der Waals surface area (Å²) in [6.07, 6.45) is 8.89. The first-order valence-electron chi connectivity index (χ1n) is 11.0. The highest BCUT2D eigenvalue weighted by Crippen LogP contribution is 2.37. The lowest BCUT2D eigenvalue weighted by Gasteiger charge is -2.30. The van der Waals surface area contributed by atoms with Crippen LogP contribution >= 0.6 is 0 Å². The zero-order valence-electron chi connectivity index (χ0n) is 18.3. The minimum Gasteiger partial charge on any atom is -0.450 e. The molecule has 0 amide bonds. The molecule has 1 saturated heterocycles. The summed E-state index contributed by atoms with van der Waals surface area (Å²) in [7, 11) is 1.82. The molecule has 10 nitrogen and oxygen atoms in total. The van der Waals surface area contributed by atoms with E-state index in [0.717, 1.165) is 12.8 Å². The smallest absolute Gasteiger partial charge is 0.349 e. The number of pyridine rings is 1. The van der Waals surface area contributed by atoms with Crippen molar-refractivity contribution in [2.24, 2.45) is 7.05 Å². The van der Waals surface area contributed by atoms with Gasteiger partial charge < -0.3 is 13.6 Å². The molecule has 0 radical (unpaired) electrons. The van der Waals surface area contributed by atoms with Gasteiger partial charge in [-0.1, -0.05) is 6.92 Å². The monoisotopic (exact) mass is 446 g/mol. The molecule has 6 heterocycles. The van der Waals surface area contributed by atoms with Crippen molar-refractivity contribution in [2.45, 2.75) is 38.3 Å². The molecule has 0 N–H and O–H groups in total. The Balaban J connectivity index is 1.66. The molecule has 1 aliphatic heterocycles. The summed E-state index contributed by atoms with van der Waals surface area (Å²) < 4.78 is 21.0. The Morgan fingerprint density at radius 3 is 2.88 bits per heavy atom. The van der Waals surface area contributed by atoms with E-state index in [1.165, 1.54) is 6.39 Å². The van der Waals surface area contributed by atoms with E-state index in [9.17, 15) is 4.79 Å². The highest BCUT2D eigenvalue weighted by molar-refractivity contribution is 6.05. The van der Waals surface area contributed by atoms with Gasteiger partial charge in [0, 0.05) is 31.5 Å². The lowest BCUT2D eigenvalue weighted by Crippen LogP contribution is -2.34. The topological polar surface area (TPSA) is 114 Å². The molecular formula is C23H22N6O4. The molecule has 33 heavy (non-hydrogen) atoms. The molecule has 0 bridgehead atoms. The Morgan fingerprint density at radius 2 is 2.12 bits per heavy atom. The highest BCUT2D eigenvalue weighted by atomic mass is 16.5. The molecule has 0 unspecified atom stereocenters. The van der Waals surface area contributed by atoms with Crippen LogP contribution in [-0.2, 0) is 11.8 Å². The van der Waals surface area contributed by atoms with Crippen LogP contribution in [0.3, 0.4) is 0 Å². The lowest BCUT2D eigenvalue weighted by atomic mass is 10.0. The first-order valence-corrected chi connectivity index (χ1v) is 11.0. The van der Waals surface area contributed by atoms with Gasteiger partial charge in [-0.05, 0) is 31.4 Å². The predicted octanol–water partition coefficient (Wildman–Crippen LogP) is 3.72. The largest absolute Gasteiger partial charge is 0.450 e. The van der Waals surface area contributed by atoms with Crippen molar-refractivity contribution < 1.29 is 13.6 Å². The molecule has 168 valence electrons. The van der Waals surface area contributed by atoms with Crippen molar-refractivity contribution in [3.05, 3.63) is 47.6 Å². The molecule has 5 aromatic rings. The van der Waals surface area contributed by atoms with Crippen LogP contribution in [0.4, 0.5) is 0 Å². The Bertz CT molecular complexity index is 1510. The van der Waals surface area contributed by atoms with E-state index in [2.05, 4.69) is 22.0 Å². The van der Waals surface area contributed by atoms with Gasteiger partial charge in [0.25, 0.3) is 0 Å². The number of hydrogen-bond donors (Lipinski definition) is 0. The molecule has 0 aromatic carbocycles. The fourth-order valence-corrected chi connectivity index (χ4v) is 4.58. The Kier molecular flexibility index (Phi) is 4.61. The third kappa shape index (κ3) is 3.25. The third-order valence-electron chi connectivity index (χ3n) is 6.20. The van der Waals surface area contributed by atoms with Crippen LogP contribution in [0, 0.1) is 0 Å². The van der Waals surface area contributed by atoms with Crippen molar-refractivity contribution in [3.8, 4) is 22.7 Å². The molecular weight excluding hydrogens is 424 g/mol. The van der Waals surface area contributed by atoms with Crippen LogP contribution in [0.5, 0.6) is 0 Å². The van der Waals surface area contributed by atoms with Gasteiger partial charge >= 0.3 is 5.69 Å². The summed E-state index contributed by atoms with van der Waals surface area (Å²) in [5.41, 5.74) is 3.74. The maximum absolute atomic E-state index is 13.5. The van der Waals surface area contributed by atoms with Gasteiger partial charge in [0.1, 0.15) is 22.4 Å². The number of ether oxygens (including phenoxy) is 1. The molecule has 0 aliphatic carbocycles. The minimum atomic E-state index is -0.335. The lowest BCUT2D eigenvalue weighted by molar-refractivity contribution is -0.00710. The summed E-state index contributed by atoms with van der Waals surface area (Å²) >= 11 is 0. The van der Waals surface area contributed by atoms with Crippen LogP contribution < -0.4 is 5.69 Å². The minimum absolute atomic E-state index is 0.0642. The second kappa shape index (κ2) is 7.66. The molecule has 0 saturated carbocycles. The summed E-state index contributed by atoms with van der Waals surface area (Å²) in [6.45, 7) is 2.68. The maximum atomic E-state index is 13.5. The summed E-state index contributed by atoms with van der Waals surface area (Å²) in [5, 5.41) is 4.24. The maximum Gasteiger partial charge on any atom is 0.349 e. The SMILES string of the molecule is CC[C@H]1C[C@@H](n2c(=O)nc(-c3cnn(C)c3)c3oc4ccc(-c5cnco5)nc4c32)CCO1. The number of oxazole rings is 1. The molecule has 5 aromatic heterocycles. The van der Waals surface area contributed by atoms with Gasteiger partial charge in [-0.2, -0.15) is 10.1 Å². The van der Waals surface area contributed by atoms with E-state index in [0.29, 0.717) is 57.9 Å². The zero-order valence-corrected chi connectivity index (χ0v) is 18.3. The van der Waals surface area contributed by atoms with Crippen LogP contribution in [0.1, 0.15) is 32.2 Å². The normalized spacial score (nSPS) is 19.0. The number of rotatable bonds is 4. The fourth-order valence-electron chi connectivity index (χ4n) is 4.58. The second-order valence-electron chi connectivity index (χ2n) is 8.28. The first-order chi connectivity index (χ1) is 16.1. The molecule has 1 fully saturated rings. The van der Waals surface area contributed by atoms with E-state index in [-0.39, 0.29) is 17.8 Å². The highest BCUT2D eigenvalue weighted by Gasteiger charge is 2.29. The van der Waals surface area contributed by atoms with Gasteiger partial charge in [-0.3, -0.25) is 9.25 Å².